The number of rotatable bonds is 2. The Labute approximate surface area is 66.8 Å². The van der Waals surface area contributed by atoms with Crippen molar-refractivity contribution in [3.8, 4) is 0 Å². The van der Waals surface area contributed by atoms with Crippen LogP contribution in [0.25, 0.3) is 0 Å². The lowest BCUT2D eigenvalue weighted by atomic mass is 10.4. The summed E-state index contributed by atoms with van der Waals surface area (Å²) in [5.74, 6) is 0.239. The molecule has 0 amide bonds. The summed E-state index contributed by atoms with van der Waals surface area (Å²) >= 11 is 0. The van der Waals surface area contributed by atoms with E-state index in [1.54, 1.807) is 5.01 Å². The molecular formula is C6H12N2O2S. The Morgan fingerprint density at radius 2 is 2.18 bits per heavy atom. The average molecular weight is 176 g/mol. The molecule has 64 valence electrons. The second-order valence-electron chi connectivity index (χ2n) is 2.77. The van der Waals surface area contributed by atoms with Crippen LogP contribution in [0.5, 0.6) is 0 Å². The zero-order valence-electron chi connectivity index (χ0n) is 6.66. The molecule has 5 heteroatoms. The summed E-state index contributed by atoms with van der Waals surface area (Å²) in [6, 6.07) is 0. The highest BCUT2D eigenvalue weighted by Crippen LogP contribution is 2.13. The van der Waals surface area contributed by atoms with E-state index in [0.29, 0.717) is 6.42 Å². The smallest absolute Gasteiger partial charge is 0.173 e. The van der Waals surface area contributed by atoms with Gasteiger partial charge in [0, 0.05) is 26.2 Å². The van der Waals surface area contributed by atoms with E-state index in [0.717, 1.165) is 5.70 Å². The molecule has 0 fully saturated rings. The molecule has 0 saturated heterocycles. The van der Waals surface area contributed by atoms with Crippen LogP contribution in [0.4, 0.5) is 0 Å². The summed E-state index contributed by atoms with van der Waals surface area (Å²) in [4.78, 5) is 0. The van der Waals surface area contributed by atoms with Crippen LogP contribution in [0.3, 0.4) is 0 Å². The molecule has 4 nitrogen and oxygen atoms in total. The summed E-state index contributed by atoms with van der Waals surface area (Å²) in [6.07, 6.45) is 0.598. The first-order chi connectivity index (χ1) is 4.99. The normalized spacial score (nSPS) is 21.9. The standard InChI is InChI=1S/C6H12N2O2S/c1-8(2)7-6-3-4-11(9,10)5-6/h5,7H,3-4H2,1-2H3. The third-order valence-electron chi connectivity index (χ3n) is 1.34. The zero-order chi connectivity index (χ0) is 8.48. The summed E-state index contributed by atoms with van der Waals surface area (Å²) < 4.78 is 21.8. The van der Waals surface area contributed by atoms with E-state index >= 15 is 0 Å². The topological polar surface area (TPSA) is 49.4 Å². The predicted molar refractivity (Wildman–Crippen MR) is 43.3 cm³/mol. The minimum Gasteiger partial charge on any atom is -0.323 e. The van der Waals surface area contributed by atoms with Gasteiger partial charge in [-0.2, -0.15) is 0 Å². The van der Waals surface area contributed by atoms with Crippen LogP contribution in [-0.4, -0.2) is 33.3 Å². The van der Waals surface area contributed by atoms with Gasteiger partial charge in [0.15, 0.2) is 9.84 Å². The first-order valence-electron chi connectivity index (χ1n) is 3.37. The lowest BCUT2D eigenvalue weighted by molar-refractivity contribution is 0.324. The Balaban J connectivity index is 2.64. The van der Waals surface area contributed by atoms with Crippen molar-refractivity contribution in [3.63, 3.8) is 0 Å². The van der Waals surface area contributed by atoms with E-state index in [2.05, 4.69) is 5.43 Å². The molecule has 1 aliphatic rings. The van der Waals surface area contributed by atoms with Crippen LogP contribution < -0.4 is 5.43 Å². The van der Waals surface area contributed by atoms with Crippen LogP contribution in [0.2, 0.25) is 0 Å². The third kappa shape index (κ3) is 2.51. The van der Waals surface area contributed by atoms with Crippen molar-refractivity contribution >= 4 is 9.84 Å². The van der Waals surface area contributed by atoms with Crippen molar-refractivity contribution in [2.75, 3.05) is 19.8 Å². The minimum atomic E-state index is -2.89. The van der Waals surface area contributed by atoms with Crippen LogP contribution in [0, 0.1) is 0 Å². The number of hydrazine groups is 1. The van der Waals surface area contributed by atoms with Crippen molar-refractivity contribution in [1.82, 2.24) is 10.4 Å². The molecule has 0 atom stereocenters. The van der Waals surface area contributed by atoms with Crippen LogP contribution in [0.15, 0.2) is 11.1 Å². The van der Waals surface area contributed by atoms with Gasteiger partial charge in [-0.05, 0) is 0 Å². The van der Waals surface area contributed by atoms with Gasteiger partial charge in [-0.1, -0.05) is 0 Å². The second-order valence-corrected chi connectivity index (χ2v) is 4.74. The van der Waals surface area contributed by atoms with E-state index in [1.807, 2.05) is 14.1 Å². The van der Waals surface area contributed by atoms with Gasteiger partial charge >= 0.3 is 0 Å². The molecule has 0 unspecified atom stereocenters. The molecule has 11 heavy (non-hydrogen) atoms. The number of allylic oxidation sites excluding steroid dienone is 1. The van der Waals surface area contributed by atoms with Gasteiger partial charge in [0.1, 0.15) is 0 Å². The van der Waals surface area contributed by atoms with E-state index in [9.17, 15) is 8.42 Å². The number of hydrogen-bond acceptors (Lipinski definition) is 4. The summed E-state index contributed by atoms with van der Waals surface area (Å²) in [5, 5.41) is 3.03. The molecule has 1 aliphatic heterocycles. The Hall–Kier alpha value is -0.550. The van der Waals surface area contributed by atoms with Crippen molar-refractivity contribution in [2.24, 2.45) is 0 Å². The first kappa shape index (κ1) is 8.55. The molecule has 0 saturated carbocycles. The van der Waals surface area contributed by atoms with E-state index in [1.165, 1.54) is 5.41 Å². The van der Waals surface area contributed by atoms with Crippen LogP contribution in [-0.2, 0) is 9.84 Å². The average Bonchev–Trinajstić information content (AvgIpc) is 2.08. The lowest BCUT2D eigenvalue weighted by Crippen LogP contribution is -2.28. The predicted octanol–water partition coefficient (Wildman–Crippen LogP) is -0.287. The van der Waals surface area contributed by atoms with Crippen molar-refractivity contribution < 1.29 is 8.42 Å². The molecule has 0 radical (unpaired) electrons. The zero-order valence-corrected chi connectivity index (χ0v) is 7.48. The molecule has 0 aromatic carbocycles. The molecule has 0 aliphatic carbocycles. The number of nitrogens with zero attached hydrogens (tertiary/aromatic N) is 1. The Morgan fingerprint density at radius 3 is 2.55 bits per heavy atom. The van der Waals surface area contributed by atoms with Gasteiger partial charge in [0.25, 0.3) is 0 Å². The summed E-state index contributed by atoms with van der Waals surface area (Å²) in [6.45, 7) is 0. The lowest BCUT2D eigenvalue weighted by Gasteiger charge is -2.12. The van der Waals surface area contributed by atoms with Gasteiger partial charge < -0.3 is 5.43 Å². The van der Waals surface area contributed by atoms with Gasteiger partial charge in [-0.15, -0.1) is 0 Å². The molecular weight excluding hydrogens is 164 g/mol. The summed E-state index contributed by atoms with van der Waals surface area (Å²) in [7, 11) is 0.758. The van der Waals surface area contributed by atoms with Gasteiger partial charge in [0.05, 0.1) is 11.2 Å². The van der Waals surface area contributed by atoms with Crippen molar-refractivity contribution in [2.45, 2.75) is 6.42 Å². The molecule has 1 rings (SSSR count). The van der Waals surface area contributed by atoms with Crippen molar-refractivity contribution in [1.29, 1.82) is 0 Å². The van der Waals surface area contributed by atoms with E-state index in [-0.39, 0.29) is 5.75 Å². The Kier molecular flexibility index (Phi) is 2.20. The fourth-order valence-corrected chi connectivity index (χ4v) is 2.18. The maximum absolute atomic E-state index is 10.9. The number of sulfone groups is 1. The van der Waals surface area contributed by atoms with Gasteiger partial charge in [-0.3, -0.25) is 0 Å². The highest BCUT2D eigenvalue weighted by atomic mass is 32.2. The van der Waals surface area contributed by atoms with E-state index in [4.69, 9.17) is 0 Å². The monoisotopic (exact) mass is 176 g/mol. The van der Waals surface area contributed by atoms with Gasteiger partial charge in [0.2, 0.25) is 0 Å². The van der Waals surface area contributed by atoms with E-state index < -0.39 is 9.84 Å². The highest BCUT2D eigenvalue weighted by Gasteiger charge is 2.17. The Morgan fingerprint density at radius 1 is 1.55 bits per heavy atom. The summed E-state index contributed by atoms with van der Waals surface area (Å²) in [5.41, 5.74) is 3.69. The highest BCUT2D eigenvalue weighted by molar-refractivity contribution is 7.94. The van der Waals surface area contributed by atoms with Crippen LogP contribution >= 0.6 is 0 Å². The SMILES string of the molecule is CN(C)NC1=CS(=O)(=O)CC1. The molecule has 0 spiro atoms. The molecule has 1 N–H and O–H groups in total. The van der Waals surface area contributed by atoms with Crippen LogP contribution in [0.1, 0.15) is 6.42 Å². The van der Waals surface area contributed by atoms with Gasteiger partial charge in [-0.25, -0.2) is 13.4 Å². The maximum atomic E-state index is 10.9. The minimum absolute atomic E-state index is 0.239. The van der Waals surface area contributed by atoms with Crippen molar-refractivity contribution in [3.05, 3.63) is 11.1 Å². The largest absolute Gasteiger partial charge is 0.323 e. The quantitative estimate of drug-likeness (QED) is 0.587. The Bertz CT molecular complexity index is 266. The molecule has 0 bridgehead atoms. The maximum Gasteiger partial charge on any atom is 0.173 e. The second kappa shape index (κ2) is 2.83. The first-order valence-corrected chi connectivity index (χ1v) is 5.08. The molecule has 1 heterocycles. The number of nitrogens with one attached hydrogen (secondary N) is 1. The number of hydrogen-bond donors (Lipinski definition) is 1. The molecule has 0 aromatic rings. The fourth-order valence-electron chi connectivity index (χ4n) is 0.956. The third-order valence-corrected chi connectivity index (χ3v) is 2.76. The fraction of sp³-hybridized carbons (Fsp3) is 0.667. The molecule has 0 aromatic heterocycles.